The van der Waals surface area contributed by atoms with Crippen molar-refractivity contribution in [1.29, 1.82) is 0 Å². The molecule has 6 radical (unpaired) electrons. The van der Waals surface area contributed by atoms with Crippen LogP contribution in [0.5, 0.6) is 0 Å². The predicted molar refractivity (Wildman–Crippen MR) is 37.0 cm³/mol. The van der Waals surface area contributed by atoms with Gasteiger partial charge in [0.15, 0.2) is 0 Å². The fraction of sp³-hybridized carbons (Fsp3) is 0. The number of hydrogen-bond acceptors (Lipinski definition) is 0. The minimum absolute atomic E-state index is 0. The minimum atomic E-state index is 0. The van der Waals surface area contributed by atoms with Crippen molar-refractivity contribution in [1.82, 2.24) is 0 Å². The molecule has 0 saturated heterocycles. The van der Waals surface area contributed by atoms with E-state index >= 15 is 0 Å². The van der Waals surface area contributed by atoms with Crippen molar-refractivity contribution in [2.75, 3.05) is 0 Å². The standard InChI is InChI=1S/2GeH3.2GeH2/h2*1H3;2*1H2. The van der Waals surface area contributed by atoms with Gasteiger partial charge in [-0.25, -0.2) is 0 Å². The zero-order valence-electron chi connectivity index (χ0n) is 3.41. The molecule has 0 aliphatic heterocycles. The SMILES string of the molecule is [GeH2].[GeH2].[GeH3].[GeH3]. The van der Waals surface area contributed by atoms with Gasteiger partial charge in [-0.15, -0.1) is 0 Å². The van der Waals surface area contributed by atoms with Gasteiger partial charge in [0.25, 0.3) is 0 Å². The summed E-state index contributed by atoms with van der Waals surface area (Å²) in [6.45, 7) is 0. The van der Waals surface area contributed by atoms with Crippen LogP contribution in [0.4, 0.5) is 0 Å². The van der Waals surface area contributed by atoms with E-state index < -0.39 is 0 Å². The molecule has 0 aromatic heterocycles. The summed E-state index contributed by atoms with van der Waals surface area (Å²) in [6.07, 6.45) is 0. The Kier molecular flexibility index (Phi) is 167. The van der Waals surface area contributed by atoms with Gasteiger partial charge in [0.05, 0.1) is 0 Å². The molecule has 0 N–H and O–H groups in total. The molecule has 0 heterocycles. The molecule has 0 aromatic carbocycles. The van der Waals surface area contributed by atoms with Crippen molar-refractivity contribution in [2.45, 2.75) is 0 Å². The first-order valence-corrected chi connectivity index (χ1v) is 0. The van der Waals surface area contributed by atoms with Crippen LogP contribution in [-0.4, -0.2) is 70.4 Å². The van der Waals surface area contributed by atoms with Gasteiger partial charge < -0.3 is 0 Å². The summed E-state index contributed by atoms with van der Waals surface area (Å²) in [7, 11) is 0. The summed E-state index contributed by atoms with van der Waals surface area (Å²) in [5, 5.41) is 0. The molecule has 0 fully saturated rings. The summed E-state index contributed by atoms with van der Waals surface area (Å²) >= 11 is 0. The number of hydrogen-bond donors (Lipinski definition) is 0. The Morgan fingerprint density at radius 3 is 0.500 bits per heavy atom. The van der Waals surface area contributed by atoms with Gasteiger partial charge in [0.1, 0.15) is 0 Å². The zero-order chi connectivity index (χ0) is 0. The molecular formula is H10Ge4. The van der Waals surface area contributed by atoms with Crippen LogP contribution in [0.2, 0.25) is 0 Å². The van der Waals surface area contributed by atoms with E-state index in [2.05, 4.69) is 0 Å². The van der Waals surface area contributed by atoms with E-state index in [1.807, 2.05) is 0 Å². The van der Waals surface area contributed by atoms with Crippen LogP contribution in [-0.2, 0) is 0 Å². The third-order valence-electron chi connectivity index (χ3n) is 0. The molecule has 0 rings (SSSR count). The van der Waals surface area contributed by atoms with Crippen molar-refractivity contribution in [3.63, 3.8) is 0 Å². The Labute approximate surface area is 69.8 Å². The first-order chi connectivity index (χ1) is 0. The molecule has 4 heavy (non-hydrogen) atoms. The van der Waals surface area contributed by atoms with Gasteiger partial charge >= 0.3 is 70.4 Å². The fourth-order valence-electron chi connectivity index (χ4n) is 0. The second kappa shape index (κ2) is 19.1. The van der Waals surface area contributed by atoms with Crippen LogP contribution in [0.3, 0.4) is 0 Å². The summed E-state index contributed by atoms with van der Waals surface area (Å²) in [5.74, 6) is 0. The summed E-state index contributed by atoms with van der Waals surface area (Å²) in [5.41, 5.74) is 0. The Balaban J connectivity index is 0. The molecular weight excluding hydrogens is 290 g/mol. The zero-order valence-corrected chi connectivity index (χ0v) is 17.7. The molecule has 0 aliphatic carbocycles. The molecule has 0 nitrogen and oxygen atoms in total. The van der Waals surface area contributed by atoms with Gasteiger partial charge in [-0.3, -0.25) is 0 Å². The maximum atomic E-state index is 0. The first-order valence-electron chi connectivity index (χ1n) is 0. The maximum absolute atomic E-state index is 0. The molecule has 26 valence electrons. The molecule has 0 saturated carbocycles. The van der Waals surface area contributed by atoms with Gasteiger partial charge in [-0.05, 0) is 0 Å². The van der Waals surface area contributed by atoms with E-state index in [4.69, 9.17) is 0 Å². The Hall–Kier alpha value is 2.17. The van der Waals surface area contributed by atoms with E-state index in [0.29, 0.717) is 0 Å². The van der Waals surface area contributed by atoms with Crippen LogP contribution in [0.1, 0.15) is 0 Å². The third-order valence-corrected chi connectivity index (χ3v) is 0. The summed E-state index contributed by atoms with van der Waals surface area (Å²) in [6, 6.07) is 0. The van der Waals surface area contributed by atoms with Crippen molar-refractivity contribution < 1.29 is 0 Å². The van der Waals surface area contributed by atoms with E-state index in [9.17, 15) is 0 Å². The van der Waals surface area contributed by atoms with Gasteiger partial charge in [-0.2, -0.15) is 0 Å². The second-order valence-corrected chi connectivity index (χ2v) is 0. The quantitative estimate of drug-likeness (QED) is 0.398. The molecule has 0 aliphatic rings. The summed E-state index contributed by atoms with van der Waals surface area (Å²) < 4.78 is 0. The average Bonchev–Trinajstić information content (AvgIpc) is 0. The monoisotopic (exact) mass is 306 g/mol. The summed E-state index contributed by atoms with van der Waals surface area (Å²) in [4.78, 5) is 0. The van der Waals surface area contributed by atoms with Crippen LogP contribution >= 0.6 is 0 Å². The Morgan fingerprint density at radius 2 is 0.500 bits per heavy atom. The van der Waals surface area contributed by atoms with Crippen LogP contribution < -0.4 is 0 Å². The number of rotatable bonds is 0. The van der Waals surface area contributed by atoms with Crippen molar-refractivity contribution >= 4 is 70.4 Å². The molecule has 0 bridgehead atoms. The molecule has 0 amide bonds. The fourth-order valence-corrected chi connectivity index (χ4v) is 0. The topological polar surface area (TPSA) is 0 Å². The predicted octanol–water partition coefficient (Wildman–Crippen LogP) is -4.20. The van der Waals surface area contributed by atoms with Crippen LogP contribution in [0.25, 0.3) is 0 Å². The molecule has 0 unspecified atom stereocenters. The van der Waals surface area contributed by atoms with E-state index in [1.54, 1.807) is 0 Å². The van der Waals surface area contributed by atoms with Crippen molar-refractivity contribution in [2.24, 2.45) is 0 Å². The second-order valence-electron chi connectivity index (χ2n) is 0. The average molecular weight is 301 g/mol. The van der Waals surface area contributed by atoms with Crippen molar-refractivity contribution in [3.05, 3.63) is 0 Å². The molecule has 0 aromatic rings. The van der Waals surface area contributed by atoms with Gasteiger partial charge in [-0.1, -0.05) is 0 Å². The van der Waals surface area contributed by atoms with Gasteiger partial charge in [0, 0.05) is 0 Å². The third kappa shape index (κ3) is 8.90. The normalized spacial score (nSPS) is 0. The molecule has 0 spiro atoms. The van der Waals surface area contributed by atoms with E-state index in [1.165, 1.54) is 0 Å². The Bertz CT molecular complexity index is 0. The van der Waals surface area contributed by atoms with E-state index in [-0.39, 0.29) is 70.4 Å². The van der Waals surface area contributed by atoms with E-state index in [0.717, 1.165) is 0 Å². The van der Waals surface area contributed by atoms with Gasteiger partial charge in [0.2, 0.25) is 0 Å². The van der Waals surface area contributed by atoms with Crippen molar-refractivity contribution in [3.8, 4) is 0 Å². The molecule has 4 heteroatoms. The molecule has 0 atom stereocenters. The van der Waals surface area contributed by atoms with Crippen LogP contribution in [0, 0.1) is 0 Å². The first kappa shape index (κ1) is 35.0. The Morgan fingerprint density at radius 1 is 0.500 bits per heavy atom. The van der Waals surface area contributed by atoms with Crippen LogP contribution in [0.15, 0.2) is 0 Å².